The van der Waals surface area contributed by atoms with E-state index in [0.29, 0.717) is 17.3 Å². The van der Waals surface area contributed by atoms with Gasteiger partial charge in [0.25, 0.3) is 0 Å². The van der Waals surface area contributed by atoms with Crippen molar-refractivity contribution < 1.29 is 18.3 Å². The van der Waals surface area contributed by atoms with Gasteiger partial charge in [-0.2, -0.15) is 0 Å². The Hall–Kier alpha value is -2.97. The summed E-state index contributed by atoms with van der Waals surface area (Å²) in [6.07, 6.45) is 0. The van der Waals surface area contributed by atoms with Gasteiger partial charge in [0.15, 0.2) is 11.5 Å². The smallest absolute Gasteiger partial charge is 0.247 e. The molecule has 1 aliphatic rings. The molecule has 1 fully saturated rings. The summed E-state index contributed by atoms with van der Waals surface area (Å²) in [5.41, 5.74) is 1.91. The van der Waals surface area contributed by atoms with Crippen molar-refractivity contribution in [3.63, 3.8) is 0 Å². The predicted molar refractivity (Wildman–Crippen MR) is 115 cm³/mol. The third kappa shape index (κ3) is 4.86. The van der Waals surface area contributed by atoms with Crippen LogP contribution in [0.15, 0.2) is 46.9 Å². The first-order valence-corrected chi connectivity index (χ1v) is 10.3. The van der Waals surface area contributed by atoms with Crippen LogP contribution >= 0.6 is 0 Å². The minimum Gasteiger partial charge on any atom is -0.493 e. The Morgan fingerprint density at radius 2 is 1.68 bits per heavy atom. The van der Waals surface area contributed by atoms with Gasteiger partial charge < -0.3 is 13.9 Å². The molecule has 3 aromatic rings. The lowest BCUT2D eigenvalue weighted by molar-refractivity contribution is 0.0875. The van der Waals surface area contributed by atoms with Crippen molar-refractivity contribution in [1.82, 2.24) is 20.0 Å². The van der Waals surface area contributed by atoms with Gasteiger partial charge in [-0.15, -0.1) is 10.2 Å². The first kappa shape index (κ1) is 21.3. The number of hydrogen-bond donors (Lipinski definition) is 0. The molecule has 0 saturated carbocycles. The SMILES string of the molecule is COc1ccc(CN2CCN([C@H](C)c3nnc(-c4ccc(F)cc4)o3)CC2)cc1OC. The van der Waals surface area contributed by atoms with Crippen LogP contribution in [-0.2, 0) is 6.54 Å². The third-order valence-corrected chi connectivity index (χ3v) is 5.70. The Morgan fingerprint density at radius 1 is 0.968 bits per heavy atom. The second-order valence-corrected chi connectivity index (χ2v) is 7.63. The van der Waals surface area contributed by atoms with Gasteiger partial charge in [0, 0.05) is 38.3 Å². The third-order valence-electron chi connectivity index (χ3n) is 5.70. The monoisotopic (exact) mass is 426 g/mol. The van der Waals surface area contributed by atoms with E-state index in [-0.39, 0.29) is 11.9 Å². The van der Waals surface area contributed by atoms with Gasteiger partial charge >= 0.3 is 0 Å². The number of aromatic nitrogens is 2. The molecule has 0 aliphatic carbocycles. The van der Waals surface area contributed by atoms with Crippen molar-refractivity contribution in [2.45, 2.75) is 19.5 Å². The normalized spacial score (nSPS) is 16.3. The quantitative estimate of drug-likeness (QED) is 0.570. The molecule has 7 nitrogen and oxygen atoms in total. The van der Waals surface area contributed by atoms with Crippen molar-refractivity contribution in [3.8, 4) is 23.0 Å². The molecule has 31 heavy (non-hydrogen) atoms. The van der Waals surface area contributed by atoms with E-state index in [9.17, 15) is 4.39 Å². The standard InChI is InChI=1S/C23H27FN4O3/c1-16(22-25-26-23(31-22)18-5-7-19(24)8-6-18)28-12-10-27(11-13-28)15-17-4-9-20(29-2)21(14-17)30-3/h4-9,14,16H,10-13,15H2,1-3H3/t16-/m1/s1. The van der Waals surface area contributed by atoms with Gasteiger partial charge in [-0.3, -0.25) is 9.80 Å². The largest absolute Gasteiger partial charge is 0.493 e. The molecule has 2 aromatic carbocycles. The summed E-state index contributed by atoms with van der Waals surface area (Å²) < 4.78 is 29.7. The van der Waals surface area contributed by atoms with E-state index in [1.54, 1.807) is 26.4 Å². The molecule has 1 saturated heterocycles. The highest BCUT2D eigenvalue weighted by molar-refractivity contribution is 5.52. The first-order chi connectivity index (χ1) is 15.1. The molecule has 0 amide bonds. The van der Waals surface area contributed by atoms with Crippen LogP contribution in [0.3, 0.4) is 0 Å². The summed E-state index contributed by atoms with van der Waals surface area (Å²) in [4.78, 5) is 4.76. The zero-order valence-electron chi connectivity index (χ0n) is 18.0. The molecule has 164 valence electrons. The van der Waals surface area contributed by atoms with Crippen LogP contribution in [0.5, 0.6) is 11.5 Å². The predicted octanol–water partition coefficient (Wildman–Crippen LogP) is 3.77. The van der Waals surface area contributed by atoms with Crippen molar-refractivity contribution in [1.29, 1.82) is 0 Å². The van der Waals surface area contributed by atoms with E-state index >= 15 is 0 Å². The molecule has 1 atom stereocenters. The number of ether oxygens (including phenoxy) is 2. The van der Waals surface area contributed by atoms with Crippen molar-refractivity contribution in [2.75, 3.05) is 40.4 Å². The molecule has 0 unspecified atom stereocenters. The first-order valence-electron chi connectivity index (χ1n) is 10.3. The van der Waals surface area contributed by atoms with E-state index in [4.69, 9.17) is 13.9 Å². The topological polar surface area (TPSA) is 63.9 Å². The van der Waals surface area contributed by atoms with Crippen LogP contribution < -0.4 is 9.47 Å². The van der Waals surface area contributed by atoms with Crippen LogP contribution in [-0.4, -0.2) is 60.4 Å². The maximum Gasteiger partial charge on any atom is 0.247 e. The van der Waals surface area contributed by atoms with Crippen LogP contribution in [0.25, 0.3) is 11.5 Å². The maximum atomic E-state index is 13.1. The minimum absolute atomic E-state index is 0.0185. The Labute approximate surface area is 181 Å². The Bertz CT molecular complexity index is 1000. The molecule has 0 N–H and O–H groups in total. The average molecular weight is 426 g/mol. The van der Waals surface area contributed by atoms with Gasteiger partial charge in [-0.05, 0) is 48.9 Å². The number of piperazine rings is 1. The lowest BCUT2D eigenvalue weighted by atomic mass is 10.1. The number of rotatable bonds is 7. The summed E-state index contributed by atoms with van der Waals surface area (Å²) in [5.74, 6) is 2.19. The summed E-state index contributed by atoms with van der Waals surface area (Å²) in [6.45, 7) is 6.63. The lowest BCUT2D eigenvalue weighted by Crippen LogP contribution is -2.46. The van der Waals surface area contributed by atoms with Gasteiger partial charge in [0.05, 0.1) is 20.3 Å². The number of benzene rings is 2. The second kappa shape index (κ2) is 9.45. The van der Waals surface area contributed by atoms with E-state index in [1.165, 1.54) is 17.7 Å². The summed E-state index contributed by atoms with van der Waals surface area (Å²) in [6, 6.07) is 12.1. The van der Waals surface area contributed by atoms with Crippen LogP contribution in [0, 0.1) is 5.82 Å². The van der Waals surface area contributed by atoms with Gasteiger partial charge in [-0.25, -0.2) is 4.39 Å². The van der Waals surface area contributed by atoms with Gasteiger partial charge in [0.1, 0.15) is 5.82 Å². The Kier molecular flexibility index (Phi) is 6.48. The second-order valence-electron chi connectivity index (χ2n) is 7.63. The molecular weight excluding hydrogens is 399 g/mol. The number of nitrogens with zero attached hydrogens (tertiary/aromatic N) is 4. The van der Waals surface area contributed by atoms with Gasteiger partial charge in [0.2, 0.25) is 11.8 Å². The highest BCUT2D eigenvalue weighted by Gasteiger charge is 2.26. The summed E-state index contributed by atoms with van der Waals surface area (Å²) in [7, 11) is 3.30. The fourth-order valence-electron chi connectivity index (χ4n) is 3.81. The zero-order chi connectivity index (χ0) is 21.8. The minimum atomic E-state index is -0.289. The van der Waals surface area contributed by atoms with Crippen molar-refractivity contribution >= 4 is 0 Å². The number of halogens is 1. The van der Waals surface area contributed by atoms with Crippen molar-refractivity contribution in [3.05, 3.63) is 59.7 Å². The van der Waals surface area contributed by atoms with E-state index in [1.807, 2.05) is 12.1 Å². The van der Waals surface area contributed by atoms with Gasteiger partial charge in [-0.1, -0.05) is 6.07 Å². The molecule has 1 aromatic heterocycles. The Balaban J connectivity index is 1.34. The summed E-state index contributed by atoms with van der Waals surface area (Å²) in [5, 5.41) is 8.36. The van der Waals surface area contributed by atoms with Crippen LogP contribution in [0.2, 0.25) is 0 Å². The zero-order valence-corrected chi connectivity index (χ0v) is 18.0. The Morgan fingerprint density at radius 3 is 2.35 bits per heavy atom. The molecule has 1 aliphatic heterocycles. The number of hydrogen-bond acceptors (Lipinski definition) is 7. The van der Waals surface area contributed by atoms with E-state index in [2.05, 4.69) is 33.0 Å². The van der Waals surface area contributed by atoms with Crippen LogP contribution in [0.1, 0.15) is 24.4 Å². The molecule has 0 bridgehead atoms. The number of methoxy groups -OCH3 is 2. The maximum absolute atomic E-state index is 13.1. The van der Waals surface area contributed by atoms with E-state index < -0.39 is 0 Å². The van der Waals surface area contributed by atoms with E-state index in [0.717, 1.165) is 44.2 Å². The molecule has 4 rings (SSSR count). The lowest BCUT2D eigenvalue weighted by Gasteiger charge is -2.36. The molecule has 8 heteroatoms. The highest BCUT2D eigenvalue weighted by Crippen LogP contribution is 2.29. The molecule has 2 heterocycles. The average Bonchev–Trinajstić information content (AvgIpc) is 3.30. The van der Waals surface area contributed by atoms with Crippen molar-refractivity contribution in [2.24, 2.45) is 0 Å². The fraction of sp³-hybridized carbons (Fsp3) is 0.391. The summed E-state index contributed by atoms with van der Waals surface area (Å²) >= 11 is 0. The molecule has 0 spiro atoms. The highest BCUT2D eigenvalue weighted by atomic mass is 19.1. The molecule has 0 radical (unpaired) electrons. The fourth-order valence-corrected chi connectivity index (χ4v) is 3.81. The molecular formula is C23H27FN4O3. The van der Waals surface area contributed by atoms with Crippen LogP contribution in [0.4, 0.5) is 4.39 Å².